The Balaban J connectivity index is 1.96. The number of imidazole rings is 1. The van der Waals surface area contributed by atoms with Gasteiger partial charge in [0.05, 0.1) is 17.7 Å². The highest BCUT2D eigenvalue weighted by Gasteiger charge is 2.44. The first kappa shape index (κ1) is 13.1. The molecule has 1 aliphatic heterocycles. The van der Waals surface area contributed by atoms with Crippen LogP contribution in [0.3, 0.4) is 0 Å². The molecular formula is C13H13F3N4. The lowest BCUT2D eigenvalue weighted by Crippen LogP contribution is -2.36. The largest absolute Gasteiger partial charge is 0.393 e. The van der Waals surface area contributed by atoms with Crippen LogP contribution in [-0.2, 0) is 6.54 Å². The van der Waals surface area contributed by atoms with Gasteiger partial charge in [-0.2, -0.15) is 13.2 Å². The second-order valence-corrected chi connectivity index (χ2v) is 4.95. The Hall–Kier alpha value is -1.89. The summed E-state index contributed by atoms with van der Waals surface area (Å²) in [4.78, 5) is 8.27. The molecule has 7 heteroatoms. The summed E-state index contributed by atoms with van der Waals surface area (Å²) in [6.07, 6.45) is 0.521. The summed E-state index contributed by atoms with van der Waals surface area (Å²) >= 11 is 0. The van der Waals surface area contributed by atoms with E-state index >= 15 is 0 Å². The fourth-order valence-corrected chi connectivity index (χ4v) is 2.50. The van der Waals surface area contributed by atoms with E-state index in [9.17, 15) is 13.2 Å². The maximum Gasteiger partial charge on any atom is 0.393 e. The highest BCUT2D eigenvalue weighted by Crippen LogP contribution is 2.38. The molecule has 0 fully saturated rings. The number of nitrogens with zero attached hydrogens (tertiary/aromatic N) is 3. The van der Waals surface area contributed by atoms with Crippen molar-refractivity contribution in [1.82, 2.24) is 14.5 Å². The van der Waals surface area contributed by atoms with E-state index in [-0.39, 0.29) is 13.0 Å². The highest BCUT2D eigenvalue weighted by atomic mass is 19.4. The molecule has 3 heterocycles. The third kappa shape index (κ3) is 2.29. The Morgan fingerprint density at radius 1 is 1.25 bits per heavy atom. The molecule has 0 aliphatic carbocycles. The van der Waals surface area contributed by atoms with E-state index in [2.05, 4.69) is 9.97 Å². The van der Waals surface area contributed by atoms with Crippen LogP contribution in [0.25, 0.3) is 11.3 Å². The summed E-state index contributed by atoms with van der Waals surface area (Å²) in [6, 6.07) is 2.84. The van der Waals surface area contributed by atoms with Crippen molar-refractivity contribution >= 4 is 0 Å². The van der Waals surface area contributed by atoms with Gasteiger partial charge in [-0.05, 0) is 18.6 Å². The number of aromatic nitrogens is 3. The van der Waals surface area contributed by atoms with Crippen molar-refractivity contribution in [3.05, 3.63) is 36.5 Å². The summed E-state index contributed by atoms with van der Waals surface area (Å²) in [7, 11) is 0. The third-order valence-corrected chi connectivity index (χ3v) is 3.53. The van der Waals surface area contributed by atoms with Crippen LogP contribution in [0.4, 0.5) is 13.2 Å². The summed E-state index contributed by atoms with van der Waals surface area (Å²) < 4.78 is 40.0. The highest BCUT2D eigenvalue weighted by molar-refractivity contribution is 5.57. The lowest BCUT2D eigenvalue weighted by molar-refractivity contribution is -0.184. The summed E-state index contributed by atoms with van der Waals surface area (Å²) in [5.41, 5.74) is 7.27. The number of hydrogen-bond donors (Lipinski definition) is 1. The van der Waals surface area contributed by atoms with Crippen molar-refractivity contribution in [2.75, 3.05) is 0 Å². The van der Waals surface area contributed by atoms with E-state index in [4.69, 9.17) is 5.73 Å². The monoisotopic (exact) mass is 282 g/mol. The van der Waals surface area contributed by atoms with E-state index in [0.717, 1.165) is 5.56 Å². The predicted octanol–water partition coefficient (Wildman–Crippen LogP) is 2.53. The predicted molar refractivity (Wildman–Crippen MR) is 66.5 cm³/mol. The lowest BCUT2D eigenvalue weighted by atomic mass is 9.95. The third-order valence-electron chi connectivity index (χ3n) is 3.53. The van der Waals surface area contributed by atoms with Crippen LogP contribution in [0.15, 0.2) is 30.7 Å². The Bertz CT molecular complexity index is 606. The Morgan fingerprint density at radius 2 is 1.95 bits per heavy atom. The molecule has 1 aliphatic rings. The van der Waals surface area contributed by atoms with Crippen LogP contribution >= 0.6 is 0 Å². The molecule has 0 aromatic carbocycles. The van der Waals surface area contributed by atoms with Crippen LogP contribution in [0.1, 0.15) is 18.3 Å². The van der Waals surface area contributed by atoms with Gasteiger partial charge in [0.25, 0.3) is 0 Å². The summed E-state index contributed by atoms with van der Waals surface area (Å²) in [6.45, 7) is -0.120. The zero-order valence-electron chi connectivity index (χ0n) is 10.5. The molecule has 2 atom stereocenters. The smallest absolute Gasteiger partial charge is 0.332 e. The van der Waals surface area contributed by atoms with E-state index in [0.29, 0.717) is 11.5 Å². The molecule has 2 aromatic heterocycles. The minimum atomic E-state index is -4.23. The van der Waals surface area contributed by atoms with Gasteiger partial charge in [0.2, 0.25) is 0 Å². The maximum atomic E-state index is 12.8. The zero-order chi connectivity index (χ0) is 14.3. The van der Waals surface area contributed by atoms with Crippen molar-refractivity contribution in [2.45, 2.75) is 25.2 Å². The van der Waals surface area contributed by atoms with Crippen molar-refractivity contribution in [3.63, 3.8) is 0 Å². The van der Waals surface area contributed by atoms with Gasteiger partial charge in [-0.15, -0.1) is 0 Å². The summed E-state index contributed by atoms with van der Waals surface area (Å²) in [5, 5.41) is 0. The van der Waals surface area contributed by atoms with Gasteiger partial charge in [0, 0.05) is 30.7 Å². The minimum absolute atomic E-state index is 0.115. The van der Waals surface area contributed by atoms with Gasteiger partial charge < -0.3 is 10.3 Å². The van der Waals surface area contributed by atoms with Gasteiger partial charge >= 0.3 is 6.18 Å². The molecule has 0 amide bonds. The second kappa shape index (κ2) is 4.59. The average Bonchev–Trinajstić information content (AvgIpc) is 2.83. The molecule has 0 saturated heterocycles. The number of rotatable bonds is 1. The average molecular weight is 282 g/mol. The number of fused-ring (bicyclic) bond motifs is 1. The molecule has 0 spiro atoms. The van der Waals surface area contributed by atoms with Crippen molar-refractivity contribution in [1.29, 1.82) is 0 Å². The topological polar surface area (TPSA) is 56.7 Å². The van der Waals surface area contributed by atoms with E-state index in [1.807, 2.05) is 0 Å². The first-order valence-electron chi connectivity index (χ1n) is 6.25. The van der Waals surface area contributed by atoms with Crippen LogP contribution in [0, 0.1) is 5.92 Å². The molecule has 3 rings (SSSR count). The van der Waals surface area contributed by atoms with Crippen molar-refractivity contribution < 1.29 is 13.2 Å². The van der Waals surface area contributed by atoms with Crippen molar-refractivity contribution in [2.24, 2.45) is 11.7 Å². The number of nitrogens with two attached hydrogens (primary N) is 1. The van der Waals surface area contributed by atoms with Gasteiger partial charge in [-0.25, -0.2) is 4.98 Å². The first-order chi connectivity index (χ1) is 9.45. The fourth-order valence-electron chi connectivity index (χ4n) is 2.50. The molecule has 20 heavy (non-hydrogen) atoms. The molecule has 0 radical (unpaired) electrons. The molecule has 0 saturated carbocycles. The fraction of sp³-hybridized carbons (Fsp3) is 0.385. The standard InChI is InChI=1S/C13H13F3N4/c14-13(15,16)9-5-10(17)12-19-11(7-20(12)6-9)8-1-3-18-4-2-8/h1-4,7,9-10H,5-6,17H2. The molecule has 106 valence electrons. The van der Waals surface area contributed by atoms with Gasteiger partial charge in [-0.3, -0.25) is 4.98 Å². The van der Waals surface area contributed by atoms with Crippen LogP contribution in [0.2, 0.25) is 0 Å². The maximum absolute atomic E-state index is 12.8. The first-order valence-corrected chi connectivity index (χ1v) is 6.25. The van der Waals surface area contributed by atoms with E-state index < -0.39 is 18.1 Å². The summed E-state index contributed by atoms with van der Waals surface area (Å²) in [5.74, 6) is -0.901. The number of alkyl halides is 3. The molecule has 2 unspecified atom stereocenters. The second-order valence-electron chi connectivity index (χ2n) is 4.95. The van der Waals surface area contributed by atoms with Crippen molar-refractivity contribution in [3.8, 4) is 11.3 Å². The van der Waals surface area contributed by atoms with Gasteiger partial charge in [0.1, 0.15) is 5.82 Å². The Labute approximate surface area is 113 Å². The Kier molecular flexibility index (Phi) is 3.01. The van der Waals surface area contributed by atoms with Crippen LogP contribution < -0.4 is 5.73 Å². The molecular weight excluding hydrogens is 269 g/mol. The SMILES string of the molecule is NC1CC(C(F)(F)F)Cn2cc(-c3ccncc3)nc21. The Morgan fingerprint density at radius 3 is 2.60 bits per heavy atom. The van der Waals surface area contributed by atoms with Crippen LogP contribution in [-0.4, -0.2) is 20.7 Å². The quantitative estimate of drug-likeness (QED) is 0.874. The zero-order valence-corrected chi connectivity index (χ0v) is 10.5. The van der Waals surface area contributed by atoms with Gasteiger partial charge in [0.15, 0.2) is 0 Å². The number of pyridine rings is 1. The molecule has 0 bridgehead atoms. The number of hydrogen-bond acceptors (Lipinski definition) is 3. The molecule has 2 aromatic rings. The molecule has 2 N–H and O–H groups in total. The van der Waals surface area contributed by atoms with E-state index in [1.165, 1.54) is 4.57 Å². The minimum Gasteiger partial charge on any atom is -0.332 e. The molecule has 4 nitrogen and oxygen atoms in total. The lowest BCUT2D eigenvalue weighted by Gasteiger charge is -2.29. The number of halogens is 3. The van der Waals surface area contributed by atoms with Crippen LogP contribution in [0.5, 0.6) is 0 Å². The normalized spacial score (nSPS) is 22.6. The van der Waals surface area contributed by atoms with Gasteiger partial charge in [-0.1, -0.05) is 0 Å². The van der Waals surface area contributed by atoms with E-state index in [1.54, 1.807) is 30.7 Å².